The van der Waals surface area contributed by atoms with Crippen LogP contribution in [0, 0.1) is 0 Å². The van der Waals surface area contributed by atoms with E-state index in [0.29, 0.717) is 22.4 Å². The predicted octanol–water partition coefficient (Wildman–Crippen LogP) is 3.98. The van der Waals surface area contributed by atoms with Gasteiger partial charge < -0.3 is 19.2 Å². The number of carbonyl (C=O) groups excluding carboxylic acids is 2. The zero-order valence-electron chi connectivity index (χ0n) is 18.1. The molecule has 7 nitrogen and oxygen atoms in total. The van der Waals surface area contributed by atoms with Gasteiger partial charge in [0.2, 0.25) is 5.78 Å². The Bertz CT molecular complexity index is 1390. The van der Waals surface area contributed by atoms with Gasteiger partial charge in [-0.3, -0.25) is 9.59 Å². The second-order valence-corrected chi connectivity index (χ2v) is 7.24. The molecule has 33 heavy (non-hydrogen) atoms. The zero-order chi connectivity index (χ0) is 23.4. The number of amides is 1. The summed E-state index contributed by atoms with van der Waals surface area (Å²) in [5, 5.41) is 3.25. The minimum Gasteiger partial charge on any atom is -0.497 e. The lowest BCUT2D eigenvalue weighted by Crippen LogP contribution is -2.30. The van der Waals surface area contributed by atoms with Crippen molar-refractivity contribution in [1.29, 1.82) is 0 Å². The molecule has 7 heteroatoms. The topological polar surface area (TPSA) is 94.8 Å². The highest BCUT2D eigenvalue weighted by molar-refractivity contribution is 6.43. The summed E-state index contributed by atoms with van der Waals surface area (Å²) in [6, 6.07) is 20.5. The summed E-state index contributed by atoms with van der Waals surface area (Å²) in [5.74, 6) is -0.194. The number of Topliss-reactive ketones (excluding diaryl/α,β-unsaturated/α-hetero) is 1. The smallest absolute Gasteiger partial charge is 0.336 e. The van der Waals surface area contributed by atoms with Gasteiger partial charge in [0.05, 0.1) is 14.2 Å². The number of ether oxygens (including phenoxy) is 2. The molecule has 0 saturated heterocycles. The summed E-state index contributed by atoms with van der Waals surface area (Å²) in [4.78, 5) is 37.3. The largest absolute Gasteiger partial charge is 0.497 e. The molecule has 1 amide bonds. The lowest BCUT2D eigenvalue weighted by Gasteiger charge is -2.10. The molecule has 0 spiro atoms. The molecule has 0 saturated carbocycles. The van der Waals surface area contributed by atoms with Crippen LogP contribution < -0.4 is 20.4 Å². The third kappa shape index (κ3) is 4.62. The van der Waals surface area contributed by atoms with Gasteiger partial charge in [-0.1, -0.05) is 30.3 Å². The van der Waals surface area contributed by atoms with Crippen molar-refractivity contribution in [3.8, 4) is 22.6 Å². The Labute approximate surface area is 189 Å². The van der Waals surface area contributed by atoms with E-state index in [9.17, 15) is 14.4 Å². The van der Waals surface area contributed by atoms with Gasteiger partial charge in [-0.25, -0.2) is 4.79 Å². The van der Waals surface area contributed by atoms with Gasteiger partial charge >= 0.3 is 5.63 Å². The molecule has 1 heterocycles. The third-order valence-electron chi connectivity index (χ3n) is 5.25. The molecule has 4 rings (SSSR count). The van der Waals surface area contributed by atoms with E-state index in [1.165, 1.54) is 19.2 Å². The minimum atomic E-state index is -0.770. The van der Waals surface area contributed by atoms with Gasteiger partial charge in [0.25, 0.3) is 5.91 Å². The van der Waals surface area contributed by atoms with Gasteiger partial charge in [-0.15, -0.1) is 0 Å². The SMILES string of the molecule is COc1ccc(-c2cc(=O)oc3cc(C(=O)C(=O)NCc4ccccc4OC)ccc23)cc1. The van der Waals surface area contributed by atoms with E-state index in [1.807, 2.05) is 24.3 Å². The van der Waals surface area contributed by atoms with Crippen molar-refractivity contribution in [2.24, 2.45) is 0 Å². The van der Waals surface area contributed by atoms with E-state index in [1.54, 1.807) is 43.5 Å². The Hall–Kier alpha value is -4.39. The summed E-state index contributed by atoms with van der Waals surface area (Å²) >= 11 is 0. The van der Waals surface area contributed by atoms with Crippen LogP contribution in [-0.4, -0.2) is 25.9 Å². The van der Waals surface area contributed by atoms with E-state index >= 15 is 0 Å². The first-order chi connectivity index (χ1) is 16.0. The average Bonchev–Trinajstić information content (AvgIpc) is 2.86. The Kier molecular flexibility index (Phi) is 6.22. The van der Waals surface area contributed by atoms with E-state index in [-0.39, 0.29) is 17.7 Å². The minimum absolute atomic E-state index is 0.120. The molecular formula is C26H21NO6. The molecule has 0 bridgehead atoms. The van der Waals surface area contributed by atoms with Crippen LogP contribution in [0.25, 0.3) is 22.1 Å². The van der Waals surface area contributed by atoms with Crippen LogP contribution in [0.5, 0.6) is 11.5 Å². The molecule has 0 radical (unpaired) electrons. The maximum absolute atomic E-state index is 12.7. The van der Waals surface area contributed by atoms with Crippen molar-refractivity contribution in [3.63, 3.8) is 0 Å². The number of hydrogen-bond donors (Lipinski definition) is 1. The highest BCUT2D eigenvalue weighted by atomic mass is 16.5. The van der Waals surface area contributed by atoms with Crippen molar-refractivity contribution in [1.82, 2.24) is 5.32 Å². The molecule has 0 aliphatic rings. The van der Waals surface area contributed by atoms with E-state index in [4.69, 9.17) is 13.9 Å². The van der Waals surface area contributed by atoms with E-state index in [2.05, 4.69) is 5.32 Å². The van der Waals surface area contributed by atoms with Crippen LogP contribution in [0.2, 0.25) is 0 Å². The first kappa shape index (κ1) is 21.8. The molecule has 3 aromatic carbocycles. The molecule has 1 N–H and O–H groups in total. The Morgan fingerprint density at radius 2 is 1.67 bits per heavy atom. The highest BCUT2D eigenvalue weighted by Gasteiger charge is 2.18. The normalized spacial score (nSPS) is 10.6. The maximum atomic E-state index is 12.7. The van der Waals surface area contributed by atoms with Gasteiger partial charge in [-0.05, 0) is 47.5 Å². The summed E-state index contributed by atoms with van der Waals surface area (Å²) in [6.07, 6.45) is 0. The molecule has 166 valence electrons. The number of ketones is 1. The predicted molar refractivity (Wildman–Crippen MR) is 124 cm³/mol. The molecule has 0 atom stereocenters. The number of methoxy groups -OCH3 is 2. The second-order valence-electron chi connectivity index (χ2n) is 7.24. The molecule has 0 fully saturated rings. The number of fused-ring (bicyclic) bond motifs is 1. The summed E-state index contributed by atoms with van der Waals surface area (Å²) in [7, 11) is 3.11. The Balaban J connectivity index is 1.60. The van der Waals surface area contributed by atoms with Crippen LogP contribution in [0.1, 0.15) is 15.9 Å². The van der Waals surface area contributed by atoms with Crippen molar-refractivity contribution in [3.05, 3.63) is 94.3 Å². The summed E-state index contributed by atoms with van der Waals surface area (Å²) in [6.45, 7) is 0.138. The molecule has 1 aromatic heterocycles. The first-order valence-corrected chi connectivity index (χ1v) is 10.2. The van der Waals surface area contributed by atoms with Crippen LogP contribution in [0.15, 0.2) is 82.0 Å². The lowest BCUT2D eigenvalue weighted by atomic mass is 10.00. The quantitative estimate of drug-likeness (QED) is 0.264. The number of rotatable bonds is 7. The second kappa shape index (κ2) is 9.40. The standard InChI is InChI=1S/C26H21NO6/c1-31-19-10-7-16(8-11-19)21-14-24(28)33-23-13-17(9-12-20(21)23)25(29)26(30)27-15-18-5-3-4-6-22(18)32-2/h3-14H,15H2,1-2H3,(H,27,30). The number of para-hydroxylation sites is 1. The molecule has 4 aromatic rings. The Morgan fingerprint density at radius 1 is 0.909 bits per heavy atom. The summed E-state index contributed by atoms with van der Waals surface area (Å²) < 4.78 is 15.8. The fourth-order valence-electron chi connectivity index (χ4n) is 3.55. The maximum Gasteiger partial charge on any atom is 0.336 e. The van der Waals surface area contributed by atoms with Crippen LogP contribution in [0.3, 0.4) is 0 Å². The first-order valence-electron chi connectivity index (χ1n) is 10.2. The van der Waals surface area contributed by atoms with Gasteiger partial charge in [0.1, 0.15) is 17.1 Å². The molecular weight excluding hydrogens is 422 g/mol. The van der Waals surface area contributed by atoms with Crippen LogP contribution in [0.4, 0.5) is 0 Å². The number of carbonyl (C=O) groups is 2. The van der Waals surface area contributed by atoms with Crippen LogP contribution >= 0.6 is 0 Å². The fourth-order valence-corrected chi connectivity index (χ4v) is 3.55. The van der Waals surface area contributed by atoms with Gasteiger partial charge in [0, 0.05) is 29.1 Å². The molecule has 0 aliphatic heterocycles. The number of nitrogens with one attached hydrogen (secondary N) is 1. The average molecular weight is 443 g/mol. The van der Waals surface area contributed by atoms with Crippen molar-refractivity contribution in [2.45, 2.75) is 6.54 Å². The van der Waals surface area contributed by atoms with Gasteiger partial charge in [-0.2, -0.15) is 0 Å². The number of benzene rings is 3. The van der Waals surface area contributed by atoms with Crippen molar-refractivity contribution < 1.29 is 23.5 Å². The Morgan fingerprint density at radius 3 is 2.39 bits per heavy atom. The van der Waals surface area contributed by atoms with E-state index in [0.717, 1.165) is 11.1 Å². The van der Waals surface area contributed by atoms with Crippen molar-refractivity contribution in [2.75, 3.05) is 14.2 Å². The lowest BCUT2D eigenvalue weighted by molar-refractivity contribution is -0.117. The number of hydrogen-bond acceptors (Lipinski definition) is 6. The fraction of sp³-hybridized carbons (Fsp3) is 0.115. The summed E-state index contributed by atoms with van der Waals surface area (Å²) in [5.41, 5.74) is 1.98. The van der Waals surface area contributed by atoms with Gasteiger partial charge in [0.15, 0.2) is 0 Å². The van der Waals surface area contributed by atoms with Crippen molar-refractivity contribution >= 4 is 22.7 Å². The molecule has 0 aliphatic carbocycles. The monoisotopic (exact) mass is 443 g/mol. The third-order valence-corrected chi connectivity index (χ3v) is 5.25. The van der Waals surface area contributed by atoms with Crippen LogP contribution in [-0.2, 0) is 11.3 Å². The van der Waals surface area contributed by atoms with E-state index < -0.39 is 17.3 Å². The highest BCUT2D eigenvalue weighted by Crippen LogP contribution is 2.29. The molecule has 0 unspecified atom stereocenters. The zero-order valence-corrected chi connectivity index (χ0v) is 18.1.